The normalized spacial score (nSPS) is 11.6. The van der Waals surface area contributed by atoms with Crippen molar-refractivity contribution in [1.82, 2.24) is 5.43 Å². The summed E-state index contributed by atoms with van der Waals surface area (Å²) in [6.45, 7) is 1.81. The topological polar surface area (TPSA) is 41.5 Å². The Bertz CT molecular complexity index is 678. The molecule has 2 rings (SSSR count). The first kappa shape index (κ1) is 15.0. The maximum atomic E-state index is 11.9. The first-order valence-electron chi connectivity index (χ1n) is 6.49. The van der Waals surface area contributed by atoms with Crippen LogP contribution < -0.4 is 5.43 Å². The fourth-order valence-corrected chi connectivity index (χ4v) is 1.88. The van der Waals surface area contributed by atoms with Crippen molar-refractivity contribution in [2.45, 2.75) is 6.92 Å². The Balaban J connectivity index is 1.99. The van der Waals surface area contributed by atoms with E-state index in [1.807, 2.05) is 49.4 Å². The molecular weight excluding hydrogens is 284 g/mol. The minimum atomic E-state index is -0.326. The molecule has 0 aliphatic heterocycles. The molecule has 0 unspecified atom stereocenters. The van der Waals surface area contributed by atoms with Gasteiger partial charge in [-0.25, -0.2) is 5.43 Å². The second-order valence-corrected chi connectivity index (χ2v) is 4.83. The molecule has 0 aliphatic carbocycles. The summed E-state index contributed by atoms with van der Waals surface area (Å²) < 4.78 is 0. The maximum Gasteiger partial charge on any atom is 0.272 e. The van der Waals surface area contributed by atoms with E-state index in [0.29, 0.717) is 16.3 Å². The van der Waals surface area contributed by atoms with Crippen molar-refractivity contribution < 1.29 is 4.79 Å². The van der Waals surface area contributed by atoms with Gasteiger partial charge in [-0.05, 0) is 30.7 Å². The van der Waals surface area contributed by atoms with Crippen LogP contribution in [-0.2, 0) is 0 Å². The third kappa shape index (κ3) is 4.58. The Morgan fingerprint density at radius 2 is 1.76 bits per heavy atom. The number of halogens is 1. The number of hydrazone groups is 1. The van der Waals surface area contributed by atoms with E-state index in [0.717, 1.165) is 5.56 Å². The van der Waals surface area contributed by atoms with Gasteiger partial charge in [-0.2, -0.15) is 5.10 Å². The molecular formula is C17H15ClN2O. The van der Waals surface area contributed by atoms with Crippen molar-refractivity contribution >= 4 is 29.3 Å². The molecule has 0 saturated heterocycles. The third-order valence-electron chi connectivity index (χ3n) is 2.77. The molecule has 21 heavy (non-hydrogen) atoms. The minimum Gasteiger partial charge on any atom is -0.267 e. The quantitative estimate of drug-likeness (QED) is 0.668. The highest BCUT2D eigenvalue weighted by Gasteiger charge is 2.07. The number of carbonyl (C=O) groups excluding carboxylic acids is 1. The van der Waals surface area contributed by atoms with Gasteiger partial charge in [-0.3, -0.25) is 4.79 Å². The number of benzene rings is 2. The first-order valence-corrected chi connectivity index (χ1v) is 6.87. The molecule has 0 atom stereocenters. The SMILES string of the molecule is CC(/C=C\c1ccccc1)=N/NC(=O)c1ccccc1Cl. The molecule has 106 valence electrons. The van der Waals surface area contributed by atoms with E-state index in [-0.39, 0.29) is 5.91 Å². The van der Waals surface area contributed by atoms with Crippen molar-refractivity contribution in [3.8, 4) is 0 Å². The summed E-state index contributed by atoms with van der Waals surface area (Å²) in [5.41, 5.74) is 4.66. The first-order chi connectivity index (χ1) is 10.2. The number of hydrogen-bond acceptors (Lipinski definition) is 2. The summed E-state index contributed by atoms with van der Waals surface area (Å²) >= 11 is 5.95. The lowest BCUT2D eigenvalue weighted by Gasteiger charge is -2.02. The minimum absolute atomic E-state index is 0.326. The zero-order valence-electron chi connectivity index (χ0n) is 11.6. The smallest absolute Gasteiger partial charge is 0.267 e. The summed E-state index contributed by atoms with van der Waals surface area (Å²) in [5, 5.41) is 4.43. The van der Waals surface area contributed by atoms with Gasteiger partial charge < -0.3 is 0 Å². The molecule has 1 amide bonds. The molecule has 0 radical (unpaired) electrons. The molecule has 1 N–H and O–H groups in total. The fourth-order valence-electron chi connectivity index (χ4n) is 1.66. The van der Waals surface area contributed by atoms with Gasteiger partial charge >= 0.3 is 0 Å². The molecule has 3 nitrogen and oxygen atoms in total. The largest absolute Gasteiger partial charge is 0.272 e. The van der Waals surface area contributed by atoms with Crippen LogP contribution >= 0.6 is 11.6 Å². The average molecular weight is 299 g/mol. The van der Waals surface area contributed by atoms with Gasteiger partial charge in [0.05, 0.1) is 16.3 Å². The van der Waals surface area contributed by atoms with Crippen LogP contribution in [0.4, 0.5) is 0 Å². The lowest BCUT2D eigenvalue weighted by molar-refractivity contribution is 0.0955. The van der Waals surface area contributed by atoms with E-state index >= 15 is 0 Å². The van der Waals surface area contributed by atoms with Gasteiger partial charge in [0.15, 0.2) is 0 Å². The van der Waals surface area contributed by atoms with Crippen LogP contribution in [0.5, 0.6) is 0 Å². The highest BCUT2D eigenvalue weighted by atomic mass is 35.5. The van der Waals surface area contributed by atoms with Gasteiger partial charge in [0, 0.05) is 0 Å². The number of nitrogens with one attached hydrogen (secondary N) is 1. The van der Waals surface area contributed by atoms with E-state index < -0.39 is 0 Å². The number of hydrogen-bond donors (Lipinski definition) is 1. The monoisotopic (exact) mass is 298 g/mol. The van der Waals surface area contributed by atoms with E-state index in [1.54, 1.807) is 24.3 Å². The van der Waals surface area contributed by atoms with Crippen LogP contribution in [0.15, 0.2) is 65.8 Å². The van der Waals surface area contributed by atoms with Crippen LogP contribution in [0.3, 0.4) is 0 Å². The molecule has 0 bridgehead atoms. The van der Waals surface area contributed by atoms with Crippen LogP contribution in [0.1, 0.15) is 22.8 Å². The Morgan fingerprint density at radius 3 is 2.48 bits per heavy atom. The number of allylic oxidation sites excluding steroid dienone is 1. The average Bonchev–Trinajstić information content (AvgIpc) is 2.52. The maximum absolute atomic E-state index is 11.9. The lowest BCUT2D eigenvalue weighted by Crippen LogP contribution is -2.19. The fraction of sp³-hybridized carbons (Fsp3) is 0.0588. The van der Waals surface area contributed by atoms with E-state index in [1.165, 1.54) is 0 Å². The van der Waals surface area contributed by atoms with E-state index in [2.05, 4.69) is 10.5 Å². The third-order valence-corrected chi connectivity index (χ3v) is 3.10. The molecule has 0 fully saturated rings. The van der Waals surface area contributed by atoms with E-state index in [4.69, 9.17) is 11.6 Å². The van der Waals surface area contributed by atoms with Gasteiger partial charge in [0.25, 0.3) is 5.91 Å². The van der Waals surface area contributed by atoms with Crippen LogP contribution in [0, 0.1) is 0 Å². The van der Waals surface area contributed by atoms with Crippen molar-refractivity contribution in [1.29, 1.82) is 0 Å². The predicted molar refractivity (Wildman–Crippen MR) is 87.5 cm³/mol. The second kappa shape index (κ2) is 7.41. The van der Waals surface area contributed by atoms with Gasteiger partial charge in [-0.15, -0.1) is 0 Å². The number of amides is 1. The summed E-state index contributed by atoms with van der Waals surface area (Å²) in [7, 11) is 0. The highest BCUT2D eigenvalue weighted by molar-refractivity contribution is 6.33. The van der Waals surface area contributed by atoms with Gasteiger partial charge in [0.1, 0.15) is 0 Å². The number of nitrogens with zero attached hydrogens (tertiary/aromatic N) is 1. The molecule has 2 aromatic rings. The Hall–Kier alpha value is -2.39. The zero-order valence-corrected chi connectivity index (χ0v) is 12.3. The Kier molecular flexibility index (Phi) is 5.29. The molecule has 0 aliphatic rings. The molecule has 0 aromatic heterocycles. The molecule has 2 aromatic carbocycles. The van der Waals surface area contributed by atoms with E-state index in [9.17, 15) is 4.79 Å². The predicted octanol–water partition coefficient (Wildman–Crippen LogP) is 4.16. The zero-order chi connectivity index (χ0) is 15.1. The number of carbonyl (C=O) groups is 1. The summed E-state index contributed by atoms with van der Waals surface area (Å²) in [5.74, 6) is -0.326. The Labute approximate surface area is 129 Å². The number of rotatable bonds is 4. The molecule has 4 heteroatoms. The van der Waals surface area contributed by atoms with Gasteiger partial charge in [-0.1, -0.05) is 60.1 Å². The van der Waals surface area contributed by atoms with Crippen molar-refractivity contribution in [3.05, 3.63) is 76.8 Å². The summed E-state index contributed by atoms with van der Waals surface area (Å²) in [4.78, 5) is 11.9. The molecule has 0 saturated carbocycles. The van der Waals surface area contributed by atoms with Crippen molar-refractivity contribution in [3.63, 3.8) is 0 Å². The standard InChI is InChI=1S/C17H15ClN2O/c1-13(11-12-14-7-3-2-4-8-14)19-20-17(21)15-9-5-6-10-16(15)18/h2-12H,1H3,(H,20,21)/b12-11-,19-13-. The van der Waals surface area contributed by atoms with Crippen LogP contribution in [0.2, 0.25) is 5.02 Å². The van der Waals surface area contributed by atoms with Crippen LogP contribution in [0.25, 0.3) is 6.08 Å². The highest BCUT2D eigenvalue weighted by Crippen LogP contribution is 2.14. The van der Waals surface area contributed by atoms with Crippen LogP contribution in [-0.4, -0.2) is 11.6 Å². The van der Waals surface area contributed by atoms with Crippen molar-refractivity contribution in [2.24, 2.45) is 5.10 Å². The summed E-state index contributed by atoms with van der Waals surface area (Å²) in [6.07, 6.45) is 3.77. The lowest BCUT2D eigenvalue weighted by atomic mass is 10.2. The van der Waals surface area contributed by atoms with Gasteiger partial charge in [0.2, 0.25) is 0 Å². The van der Waals surface area contributed by atoms with Crippen molar-refractivity contribution in [2.75, 3.05) is 0 Å². The molecule has 0 spiro atoms. The molecule has 0 heterocycles. The summed E-state index contributed by atoms with van der Waals surface area (Å²) in [6, 6.07) is 16.7. The second-order valence-electron chi connectivity index (χ2n) is 4.42. The Morgan fingerprint density at radius 1 is 1.10 bits per heavy atom.